The summed E-state index contributed by atoms with van der Waals surface area (Å²) < 4.78 is 0. The van der Waals surface area contributed by atoms with Crippen LogP contribution in [0.3, 0.4) is 0 Å². The molecule has 1 heterocycles. The van der Waals surface area contributed by atoms with Gasteiger partial charge in [0.05, 0.1) is 0 Å². The maximum atomic E-state index is 11.5. The van der Waals surface area contributed by atoms with Crippen molar-refractivity contribution >= 4 is 17.7 Å². The molecule has 0 aliphatic rings. The standard InChI is InChI=1S/C10H11N5O/c1-7-3-2-4-8(5-7)13-10(16)14-9-11-6-12-15-9/h2-6H,1H3,(H3,11,12,13,14,15,16). The first kappa shape index (κ1) is 10.2. The highest BCUT2D eigenvalue weighted by molar-refractivity contribution is 5.98. The van der Waals surface area contributed by atoms with Gasteiger partial charge in [-0.25, -0.2) is 9.89 Å². The van der Waals surface area contributed by atoms with Crippen molar-refractivity contribution in [3.05, 3.63) is 36.2 Å². The minimum absolute atomic E-state index is 0.310. The van der Waals surface area contributed by atoms with Crippen LogP contribution in [0.4, 0.5) is 16.4 Å². The van der Waals surface area contributed by atoms with Gasteiger partial charge in [0, 0.05) is 5.69 Å². The Morgan fingerprint density at radius 3 is 2.94 bits per heavy atom. The first-order valence-electron chi connectivity index (χ1n) is 4.74. The molecule has 0 atom stereocenters. The maximum absolute atomic E-state index is 11.5. The minimum Gasteiger partial charge on any atom is -0.308 e. The van der Waals surface area contributed by atoms with Crippen LogP contribution < -0.4 is 10.6 Å². The first-order chi connectivity index (χ1) is 7.74. The number of benzene rings is 1. The monoisotopic (exact) mass is 217 g/mol. The van der Waals surface area contributed by atoms with Crippen molar-refractivity contribution in [1.82, 2.24) is 15.2 Å². The van der Waals surface area contributed by atoms with Crippen LogP contribution in [-0.2, 0) is 0 Å². The molecule has 0 radical (unpaired) electrons. The summed E-state index contributed by atoms with van der Waals surface area (Å²) >= 11 is 0. The second-order valence-electron chi connectivity index (χ2n) is 3.28. The molecule has 3 N–H and O–H groups in total. The number of carbonyl (C=O) groups excluding carboxylic acids is 1. The zero-order chi connectivity index (χ0) is 11.4. The van der Waals surface area contributed by atoms with Crippen LogP contribution in [0.2, 0.25) is 0 Å². The molecule has 0 saturated carbocycles. The zero-order valence-corrected chi connectivity index (χ0v) is 8.69. The van der Waals surface area contributed by atoms with Crippen LogP contribution in [0, 0.1) is 6.92 Å². The van der Waals surface area contributed by atoms with Crippen LogP contribution >= 0.6 is 0 Å². The Kier molecular flexibility index (Phi) is 2.81. The van der Waals surface area contributed by atoms with Gasteiger partial charge in [0.1, 0.15) is 6.33 Å². The molecule has 0 fully saturated rings. The fourth-order valence-electron chi connectivity index (χ4n) is 1.26. The fraction of sp³-hybridized carbons (Fsp3) is 0.100. The van der Waals surface area contributed by atoms with E-state index in [9.17, 15) is 4.79 Å². The lowest BCUT2D eigenvalue weighted by Gasteiger charge is -2.05. The Morgan fingerprint density at radius 1 is 1.38 bits per heavy atom. The van der Waals surface area contributed by atoms with Crippen molar-refractivity contribution in [1.29, 1.82) is 0 Å². The third kappa shape index (κ3) is 2.57. The Balaban J connectivity index is 1.97. The maximum Gasteiger partial charge on any atom is 0.326 e. The quantitative estimate of drug-likeness (QED) is 0.716. The Labute approximate surface area is 92.1 Å². The molecule has 0 bridgehead atoms. The predicted octanol–water partition coefficient (Wildman–Crippen LogP) is 1.76. The molecule has 16 heavy (non-hydrogen) atoms. The van der Waals surface area contributed by atoms with Crippen molar-refractivity contribution in [2.45, 2.75) is 6.92 Å². The summed E-state index contributed by atoms with van der Waals surface area (Å²) in [6.45, 7) is 1.96. The summed E-state index contributed by atoms with van der Waals surface area (Å²) in [5.74, 6) is 0.310. The van der Waals surface area contributed by atoms with E-state index in [4.69, 9.17) is 0 Å². The van der Waals surface area contributed by atoms with E-state index in [-0.39, 0.29) is 6.03 Å². The lowest BCUT2D eigenvalue weighted by Crippen LogP contribution is -2.20. The molecule has 2 amide bonds. The fourth-order valence-corrected chi connectivity index (χ4v) is 1.26. The molecule has 1 aromatic heterocycles. The summed E-state index contributed by atoms with van der Waals surface area (Å²) in [6, 6.07) is 7.16. The lowest BCUT2D eigenvalue weighted by atomic mass is 10.2. The Morgan fingerprint density at radius 2 is 2.25 bits per heavy atom. The second kappa shape index (κ2) is 4.43. The summed E-state index contributed by atoms with van der Waals surface area (Å²) in [5.41, 5.74) is 1.81. The Bertz CT molecular complexity index is 480. The molecule has 6 heteroatoms. The number of hydrogen-bond donors (Lipinski definition) is 3. The smallest absolute Gasteiger partial charge is 0.308 e. The zero-order valence-electron chi connectivity index (χ0n) is 8.69. The number of hydrogen-bond acceptors (Lipinski definition) is 3. The van der Waals surface area contributed by atoms with Crippen LogP contribution in [0.25, 0.3) is 0 Å². The van der Waals surface area contributed by atoms with E-state index in [0.29, 0.717) is 5.95 Å². The largest absolute Gasteiger partial charge is 0.326 e. The van der Waals surface area contributed by atoms with Crippen LogP contribution in [-0.4, -0.2) is 21.2 Å². The van der Waals surface area contributed by atoms with E-state index in [2.05, 4.69) is 25.8 Å². The summed E-state index contributed by atoms with van der Waals surface area (Å²) in [6.07, 6.45) is 1.32. The predicted molar refractivity (Wildman–Crippen MR) is 60.2 cm³/mol. The Hall–Kier alpha value is -2.37. The molecular weight excluding hydrogens is 206 g/mol. The van der Waals surface area contributed by atoms with Gasteiger partial charge < -0.3 is 5.32 Å². The summed E-state index contributed by atoms with van der Waals surface area (Å²) in [4.78, 5) is 15.3. The normalized spacial score (nSPS) is 9.81. The highest BCUT2D eigenvalue weighted by Gasteiger charge is 2.03. The number of aromatic nitrogens is 3. The first-order valence-corrected chi connectivity index (χ1v) is 4.74. The van der Waals surface area contributed by atoms with E-state index < -0.39 is 0 Å². The molecule has 6 nitrogen and oxygen atoms in total. The van der Waals surface area contributed by atoms with Crippen LogP contribution in [0.15, 0.2) is 30.6 Å². The number of amides is 2. The molecule has 1 aromatic carbocycles. The highest BCUT2D eigenvalue weighted by atomic mass is 16.2. The van der Waals surface area contributed by atoms with E-state index in [1.54, 1.807) is 0 Å². The van der Waals surface area contributed by atoms with E-state index in [1.165, 1.54) is 6.33 Å². The van der Waals surface area contributed by atoms with Gasteiger partial charge in [0.2, 0.25) is 5.95 Å². The molecular formula is C10H11N5O. The molecule has 2 aromatic rings. The van der Waals surface area contributed by atoms with Crippen molar-refractivity contribution in [2.75, 3.05) is 10.6 Å². The SMILES string of the molecule is Cc1cccc(NC(=O)Nc2ncn[nH]2)c1. The van der Waals surface area contributed by atoms with Gasteiger partial charge >= 0.3 is 6.03 Å². The van der Waals surface area contributed by atoms with Gasteiger partial charge in [-0.05, 0) is 24.6 Å². The molecule has 0 aliphatic carbocycles. The molecule has 0 unspecified atom stereocenters. The number of aromatic amines is 1. The number of nitrogens with zero attached hydrogens (tertiary/aromatic N) is 2. The van der Waals surface area contributed by atoms with E-state index in [1.807, 2.05) is 31.2 Å². The number of carbonyl (C=O) groups is 1. The average molecular weight is 217 g/mol. The number of rotatable bonds is 2. The average Bonchev–Trinajstić information content (AvgIpc) is 2.70. The lowest BCUT2D eigenvalue weighted by molar-refractivity contribution is 0.262. The van der Waals surface area contributed by atoms with Gasteiger partial charge in [-0.3, -0.25) is 5.32 Å². The van der Waals surface area contributed by atoms with E-state index >= 15 is 0 Å². The number of H-pyrrole nitrogens is 1. The van der Waals surface area contributed by atoms with Gasteiger partial charge in [0.15, 0.2) is 0 Å². The van der Waals surface area contributed by atoms with Gasteiger partial charge in [0.25, 0.3) is 0 Å². The molecule has 0 aliphatic heterocycles. The third-order valence-corrected chi connectivity index (χ3v) is 1.92. The van der Waals surface area contributed by atoms with Gasteiger partial charge in [-0.2, -0.15) is 10.1 Å². The topological polar surface area (TPSA) is 82.7 Å². The highest BCUT2D eigenvalue weighted by Crippen LogP contribution is 2.09. The minimum atomic E-state index is -0.359. The van der Waals surface area contributed by atoms with Crippen LogP contribution in [0.5, 0.6) is 0 Å². The van der Waals surface area contributed by atoms with Crippen LogP contribution in [0.1, 0.15) is 5.56 Å². The third-order valence-electron chi connectivity index (χ3n) is 1.92. The second-order valence-corrected chi connectivity index (χ2v) is 3.28. The van der Waals surface area contributed by atoms with Gasteiger partial charge in [-0.15, -0.1) is 0 Å². The van der Waals surface area contributed by atoms with Crippen molar-refractivity contribution < 1.29 is 4.79 Å². The summed E-state index contributed by atoms with van der Waals surface area (Å²) in [7, 11) is 0. The van der Waals surface area contributed by atoms with Gasteiger partial charge in [-0.1, -0.05) is 12.1 Å². The number of anilines is 2. The number of aryl methyl sites for hydroxylation is 1. The van der Waals surface area contributed by atoms with Crippen molar-refractivity contribution in [2.24, 2.45) is 0 Å². The number of nitrogens with one attached hydrogen (secondary N) is 3. The molecule has 0 spiro atoms. The molecule has 82 valence electrons. The van der Waals surface area contributed by atoms with E-state index in [0.717, 1.165) is 11.3 Å². The summed E-state index contributed by atoms with van der Waals surface area (Å²) in [5, 5.41) is 11.3. The van der Waals surface area contributed by atoms with Crippen molar-refractivity contribution in [3.8, 4) is 0 Å². The number of urea groups is 1. The molecule has 0 saturated heterocycles. The van der Waals surface area contributed by atoms with Crippen molar-refractivity contribution in [3.63, 3.8) is 0 Å². The molecule has 2 rings (SSSR count).